The van der Waals surface area contributed by atoms with Crippen LogP contribution >= 0.6 is 0 Å². The van der Waals surface area contributed by atoms with E-state index >= 15 is 0 Å². The zero-order valence-corrected chi connectivity index (χ0v) is 17.9. The largest absolute Gasteiger partial charge is 0.416 e. The van der Waals surface area contributed by atoms with Gasteiger partial charge in [0, 0.05) is 31.7 Å². The van der Waals surface area contributed by atoms with Gasteiger partial charge in [-0.25, -0.2) is 4.79 Å². The summed E-state index contributed by atoms with van der Waals surface area (Å²) >= 11 is 0. The number of ether oxygens (including phenoxy) is 1. The summed E-state index contributed by atoms with van der Waals surface area (Å²) in [6, 6.07) is 11.2. The first-order valence-electron chi connectivity index (χ1n) is 10.3. The summed E-state index contributed by atoms with van der Waals surface area (Å²) in [5.41, 5.74) is 0.945. The van der Waals surface area contributed by atoms with E-state index < -0.39 is 17.8 Å². The van der Waals surface area contributed by atoms with E-state index in [4.69, 9.17) is 4.74 Å². The summed E-state index contributed by atoms with van der Waals surface area (Å²) in [4.78, 5) is 26.5. The lowest BCUT2D eigenvalue weighted by Gasteiger charge is -2.35. The summed E-state index contributed by atoms with van der Waals surface area (Å²) in [6.07, 6.45) is -4.45. The SMILES string of the molecule is CC1CN(C(=O)c2ccc(CNC(=O)NCc3cccc(C(F)(F)F)c3)cc2)CC(C)O1. The smallest absolute Gasteiger partial charge is 0.372 e. The van der Waals surface area contributed by atoms with Gasteiger partial charge in [0.2, 0.25) is 0 Å². The molecular weight excluding hydrogens is 423 g/mol. The maximum Gasteiger partial charge on any atom is 0.416 e. The number of benzene rings is 2. The molecule has 32 heavy (non-hydrogen) atoms. The number of nitrogens with one attached hydrogen (secondary N) is 2. The lowest BCUT2D eigenvalue weighted by molar-refractivity contribution is -0.137. The molecule has 2 unspecified atom stereocenters. The minimum absolute atomic E-state index is 0.0133. The molecule has 2 aromatic carbocycles. The number of amides is 3. The van der Waals surface area contributed by atoms with Gasteiger partial charge < -0.3 is 20.3 Å². The third kappa shape index (κ3) is 6.46. The van der Waals surface area contributed by atoms with Crippen LogP contribution in [-0.2, 0) is 24.0 Å². The predicted molar refractivity (Wildman–Crippen MR) is 113 cm³/mol. The summed E-state index contributed by atoms with van der Waals surface area (Å²) in [6.45, 7) is 5.14. The van der Waals surface area contributed by atoms with E-state index in [1.807, 2.05) is 13.8 Å². The lowest BCUT2D eigenvalue weighted by Crippen LogP contribution is -2.48. The number of urea groups is 1. The average Bonchev–Trinajstić information content (AvgIpc) is 2.75. The maximum atomic E-state index is 12.8. The van der Waals surface area contributed by atoms with Crippen LogP contribution in [0.5, 0.6) is 0 Å². The highest BCUT2D eigenvalue weighted by molar-refractivity contribution is 5.94. The number of morpholine rings is 1. The number of nitrogens with zero attached hydrogens (tertiary/aromatic N) is 1. The molecule has 0 spiro atoms. The van der Waals surface area contributed by atoms with Gasteiger partial charge in [0.05, 0.1) is 17.8 Å². The van der Waals surface area contributed by atoms with Gasteiger partial charge in [-0.3, -0.25) is 4.79 Å². The predicted octanol–water partition coefficient (Wildman–Crippen LogP) is 3.95. The molecule has 3 rings (SSSR count). The molecule has 1 fully saturated rings. The van der Waals surface area contributed by atoms with Crippen LogP contribution in [0.3, 0.4) is 0 Å². The Hall–Kier alpha value is -3.07. The van der Waals surface area contributed by atoms with E-state index in [1.54, 1.807) is 29.2 Å². The van der Waals surface area contributed by atoms with Crippen molar-refractivity contribution in [2.75, 3.05) is 13.1 Å². The second-order valence-corrected chi connectivity index (χ2v) is 7.90. The third-order valence-corrected chi connectivity index (χ3v) is 5.07. The summed E-state index contributed by atoms with van der Waals surface area (Å²) < 4.78 is 43.9. The Kier molecular flexibility index (Phi) is 7.40. The minimum Gasteiger partial charge on any atom is -0.372 e. The van der Waals surface area contributed by atoms with Gasteiger partial charge in [0.25, 0.3) is 5.91 Å². The third-order valence-electron chi connectivity index (χ3n) is 5.07. The quantitative estimate of drug-likeness (QED) is 0.726. The topological polar surface area (TPSA) is 70.7 Å². The zero-order chi connectivity index (χ0) is 23.3. The molecule has 2 atom stereocenters. The van der Waals surface area contributed by atoms with Gasteiger partial charge in [-0.15, -0.1) is 0 Å². The van der Waals surface area contributed by atoms with Crippen molar-refractivity contribution >= 4 is 11.9 Å². The van der Waals surface area contributed by atoms with Crippen molar-refractivity contribution in [3.05, 3.63) is 70.8 Å². The molecule has 3 amide bonds. The number of carbonyl (C=O) groups is 2. The van der Waals surface area contributed by atoms with E-state index in [-0.39, 0.29) is 31.2 Å². The van der Waals surface area contributed by atoms with Crippen LogP contribution in [0.1, 0.15) is 40.9 Å². The highest BCUT2D eigenvalue weighted by atomic mass is 19.4. The summed E-state index contributed by atoms with van der Waals surface area (Å²) in [5.74, 6) is -0.0645. The van der Waals surface area contributed by atoms with Crippen LogP contribution in [0.4, 0.5) is 18.0 Å². The standard InChI is InChI=1S/C23H26F3N3O3/c1-15-13-29(14-16(2)32-15)21(30)19-8-6-17(7-9-19)11-27-22(31)28-12-18-4-3-5-20(10-18)23(24,25)26/h3-10,15-16H,11-14H2,1-2H3,(H2,27,28,31). The van der Waals surface area contributed by atoms with Crippen molar-refractivity contribution in [2.24, 2.45) is 0 Å². The van der Waals surface area contributed by atoms with Crippen molar-refractivity contribution in [1.82, 2.24) is 15.5 Å². The van der Waals surface area contributed by atoms with E-state index in [9.17, 15) is 22.8 Å². The van der Waals surface area contributed by atoms with Crippen molar-refractivity contribution in [2.45, 2.75) is 45.3 Å². The fourth-order valence-corrected chi connectivity index (χ4v) is 3.58. The molecule has 1 aliphatic heterocycles. The monoisotopic (exact) mass is 449 g/mol. The first kappa shape index (κ1) is 23.6. The van der Waals surface area contributed by atoms with Gasteiger partial charge in [-0.2, -0.15) is 13.2 Å². The molecule has 0 saturated carbocycles. The number of hydrogen-bond acceptors (Lipinski definition) is 3. The average molecular weight is 449 g/mol. The van der Waals surface area contributed by atoms with Crippen molar-refractivity contribution in [3.8, 4) is 0 Å². The first-order chi connectivity index (χ1) is 15.1. The minimum atomic E-state index is -4.43. The fraction of sp³-hybridized carbons (Fsp3) is 0.391. The van der Waals surface area contributed by atoms with Crippen LogP contribution in [0, 0.1) is 0 Å². The summed E-state index contributed by atoms with van der Waals surface area (Å²) in [7, 11) is 0. The molecule has 9 heteroatoms. The van der Waals surface area contributed by atoms with Crippen molar-refractivity contribution in [1.29, 1.82) is 0 Å². The molecule has 2 aromatic rings. The highest BCUT2D eigenvalue weighted by Gasteiger charge is 2.30. The maximum absolute atomic E-state index is 12.8. The van der Waals surface area contributed by atoms with Crippen LogP contribution in [-0.4, -0.2) is 42.1 Å². The molecular formula is C23H26F3N3O3. The van der Waals surface area contributed by atoms with E-state index in [1.165, 1.54) is 12.1 Å². The van der Waals surface area contributed by atoms with E-state index in [0.717, 1.165) is 17.7 Å². The molecule has 1 saturated heterocycles. The summed E-state index contributed by atoms with van der Waals surface area (Å²) in [5, 5.41) is 5.19. The van der Waals surface area contributed by atoms with Gasteiger partial charge in [0.15, 0.2) is 0 Å². The van der Waals surface area contributed by atoms with E-state index in [2.05, 4.69) is 10.6 Å². The Balaban J connectivity index is 1.48. The number of rotatable bonds is 5. The Morgan fingerprint density at radius 3 is 2.16 bits per heavy atom. The molecule has 0 aromatic heterocycles. The van der Waals surface area contributed by atoms with Gasteiger partial charge >= 0.3 is 12.2 Å². The Morgan fingerprint density at radius 2 is 1.56 bits per heavy atom. The van der Waals surface area contributed by atoms with Crippen LogP contribution in [0.15, 0.2) is 48.5 Å². The van der Waals surface area contributed by atoms with Crippen molar-refractivity contribution in [3.63, 3.8) is 0 Å². The zero-order valence-electron chi connectivity index (χ0n) is 17.9. The Labute approximate surface area is 184 Å². The second-order valence-electron chi connectivity index (χ2n) is 7.90. The van der Waals surface area contributed by atoms with Crippen LogP contribution < -0.4 is 10.6 Å². The number of hydrogen-bond donors (Lipinski definition) is 2. The van der Waals surface area contributed by atoms with Gasteiger partial charge in [0.1, 0.15) is 0 Å². The van der Waals surface area contributed by atoms with Gasteiger partial charge in [-0.1, -0.05) is 24.3 Å². The van der Waals surface area contributed by atoms with Crippen molar-refractivity contribution < 1.29 is 27.5 Å². The number of alkyl halides is 3. The second kappa shape index (κ2) is 10.0. The normalized spacial score (nSPS) is 18.8. The van der Waals surface area contributed by atoms with Crippen LogP contribution in [0.25, 0.3) is 0 Å². The molecule has 0 bridgehead atoms. The van der Waals surface area contributed by atoms with E-state index in [0.29, 0.717) is 24.2 Å². The van der Waals surface area contributed by atoms with Gasteiger partial charge in [-0.05, 0) is 49.2 Å². The molecule has 0 radical (unpaired) electrons. The number of halogens is 3. The Morgan fingerprint density at radius 1 is 0.969 bits per heavy atom. The number of carbonyl (C=O) groups excluding carboxylic acids is 2. The molecule has 172 valence electrons. The Bertz CT molecular complexity index is 937. The molecule has 6 nitrogen and oxygen atoms in total. The fourth-order valence-electron chi connectivity index (χ4n) is 3.58. The molecule has 2 N–H and O–H groups in total. The molecule has 0 aliphatic carbocycles. The molecule has 1 heterocycles. The van der Waals surface area contributed by atoms with Crippen LogP contribution in [0.2, 0.25) is 0 Å². The first-order valence-corrected chi connectivity index (χ1v) is 10.3. The highest BCUT2D eigenvalue weighted by Crippen LogP contribution is 2.29. The lowest BCUT2D eigenvalue weighted by atomic mass is 10.1. The molecule has 1 aliphatic rings.